The maximum Gasteiger partial charge on any atom is 0.228 e. The molecular weight excluding hydrogens is 324 g/mol. The first kappa shape index (κ1) is 16.9. The number of rotatable bonds is 6. The molecule has 1 N–H and O–H groups in total. The van der Waals surface area contributed by atoms with E-state index < -0.39 is 0 Å². The van der Waals surface area contributed by atoms with Gasteiger partial charge in [0.1, 0.15) is 18.1 Å². The van der Waals surface area contributed by atoms with Gasteiger partial charge < -0.3 is 19.5 Å². The van der Waals surface area contributed by atoms with E-state index >= 15 is 0 Å². The monoisotopic (exact) mass is 344 g/mol. The van der Waals surface area contributed by atoms with Crippen LogP contribution in [0.15, 0.2) is 35.2 Å². The van der Waals surface area contributed by atoms with Crippen LogP contribution in [0.25, 0.3) is 0 Å². The van der Waals surface area contributed by atoms with E-state index in [9.17, 15) is 9.59 Å². The summed E-state index contributed by atoms with van der Waals surface area (Å²) in [4.78, 5) is 29.2. The molecular formula is C17H20N4O4. The first-order valence-corrected chi connectivity index (χ1v) is 8.13. The lowest BCUT2D eigenvalue weighted by molar-refractivity contribution is -0.129. The Kier molecular flexibility index (Phi) is 5.27. The van der Waals surface area contributed by atoms with Crippen molar-refractivity contribution >= 4 is 11.8 Å². The summed E-state index contributed by atoms with van der Waals surface area (Å²) in [5, 5.41) is 6.47. The van der Waals surface area contributed by atoms with Gasteiger partial charge in [0.2, 0.25) is 11.8 Å². The van der Waals surface area contributed by atoms with E-state index in [0.29, 0.717) is 31.1 Å². The van der Waals surface area contributed by atoms with Gasteiger partial charge in [0.25, 0.3) is 0 Å². The lowest BCUT2D eigenvalue weighted by Gasteiger charge is -2.17. The van der Waals surface area contributed by atoms with Crippen molar-refractivity contribution in [3.8, 4) is 5.75 Å². The molecule has 1 unspecified atom stereocenters. The summed E-state index contributed by atoms with van der Waals surface area (Å²) in [5.41, 5.74) is 1.36. The average Bonchev–Trinajstić information content (AvgIpc) is 3.25. The maximum atomic E-state index is 12.3. The second-order valence-corrected chi connectivity index (χ2v) is 5.93. The molecule has 8 heteroatoms. The van der Waals surface area contributed by atoms with Gasteiger partial charge in [0.15, 0.2) is 0 Å². The molecule has 8 nitrogen and oxygen atoms in total. The van der Waals surface area contributed by atoms with Crippen molar-refractivity contribution in [3.63, 3.8) is 0 Å². The number of pyridine rings is 1. The summed E-state index contributed by atoms with van der Waals surface area (Å²) in [7, 11) is 0. The molecule has 1 aliphatic heterocycles. The molecule has 0 radical (unpaired) electrons. The number of carbonyl (C=O) groups is 2. The van der Waals surface area contributed by atoms with E-state index in [1.807, 2.05) is 0 Å². The topological polar surface area (TPSA) is 97.6 Å². The van der Waals surface area contributed by atoms with Gasteiger partial charge >= 0.3 is 0 Å². The molecule has 0 aliphatic carbocycles. The molecule has 3 heterocycles. The first-order chi connectivity index (χ1) is 12.1. The molecule has 25 heavy (non-hydrogen) atoms. The first-order valence-electron chi connectivity index (χ1n) is 8.13. The number of nitrogens with one attached hydrogen (secondary N) is 1. The predicted molar refractivity (Wildman–Crippen MR) is 87.6 cm³/mol. The largest absolute Gasteiger partial charge is 0.488 e. The van der Waals surface area contributed by atoms with Gasteiger partial charge in [-0.15, -0.1) is 0 Å². The fourth-order valence-electron chi connectivity index (χ4n) is 2.68. The van der Waals surface area contributed by atoms with Gasteiger partial charge in [-0.3, -0.25) is 14.6 Å². The van der Waals surface area contributed by atoms with Gasteiger partial charge in [-0.2, -0.15) is 0 Å². The van der Waals surface area contributed by atoms with Crippen LogP contribution in [0.2, 0.25) is 0 Å². The van der Waals surface area contributed by atoms with Gasteiger partial charge in [0, 0.05) is 38.2 Å². The molecule has 0 spiro atoms. The normalized spacial score (nSPS) is 16.7. The zero-order valence-electron chi connectivity index (χ0n) is 14.0. The second-order valence-electron chi connectivity index (χ2n) is 5.93. The summed E-state index contributed by atoms with van der Waals surface area (Å²) in [6.45, 7) is 3.02. The number of aromatic nitrogens is 2. The molecule has 1 aliphatic rings. The molecule has 3 rings (SSSR count). The van der Waals surface area contributed by atoms with Crippen molar-refractivity contribution in [2.24, 2.45) is 0 Å². The molecule has 132 valence electrons. The van der Waals surface area contributed by atoms with Gasteiger partial charge in [0.05, 0.1) is 30.9 Å². The molecule has 1 atom stereocenters. The number of ether oxygens (including phenoxy) is 1. The summed E-state index contributed by atoms with van der Waals surface area (Å²) in [6.07, 6.45) is 4.06. The Balaban J connectivity index is 1.51. The Labute approximate surface area is 145 Å². The highest BCUT2D eigenvalue weighted by Gasteiger charge is 2.28. The number of hydrogen-bond donors (Lipinski definition) is 1. The molecule has 1 fully saturated rings. The number of hydrogen-bond acceptors (Lipinski definition) is 6. The Morgan fingerprint density at radius 1 is 1.40 bits per heavy atom. The third kappa shape index (κ3) is 4.79. The molecule has 2 aromatic heterocycles. The highest BCUT2D eigenvalue weighted by Crippen LogP contribution is 2.19. The van der Waals surface area contributed by atoms with E-state index in [4.69, 9.17) is 9.26 Å². The number of nitrogens with zero attached hydrogens (tertiary/aromatic N) is 3. The zero-order chi connectivity index (χ0) is 17.6. The van der Waals surface area contributed by atoms with Crippen molar-refractivity contribution < 1.29 is 18.8 Å². The number of carbonyl (C=O) groups excluding carboxylic acids is 2. The Morgan fingerprint density at radius 3 is 3.04 bits per heavy atom. The Morgan fingerprint density at radius 2 is 2.28 bits per heavy atom. The molecule has 0 aromatic carbocycles. The molecule has 2 amide bonds. The van der Waals surface area contributed by atoms with E-state index in [0.717, 1.165) is 12.1 Å². The summed E-state index contributed by atoms with van der Waals surface area (Å²) in [5.74, 6) is 0.595. The van der Waals surface area contributed by atoms with E-state index in [2.05, 4.69) is 15.5 Å². The van der Waals surface area contributed by atoms with Crippen LogP contribution < -0.4 is 10.1 Å². The average molecular weight is 344 g/mol. The minimum atomic E-state index is -0.106. The second kappa shape index (κ2) is 7.78. The van der Waals surface area contributed by atoms with Crippen molar-refractivity contribution in [1.82, 2.24) is 20.4 Å². The minimum absolute atomic E-state index is 0.0149. The highest BCUT2D eigenvalue weighted by molar-refractivity contribution is 5.78. The van der Waals surface area contributed by atoms with Gasteiger partial charge in [-0.25, -0.2) is 0 Å². The van der Waals surface area contributed by atoms with Crippen LogP contribution in [0.3, 0.4) is 0 Å². The van der Waals surface area contributed by atoms with Crippen LogP contribution in [0.4, 0.5) is 0 Å². The molecule has 0 saturated carbocycles. The smallest absolute Gasteiger partial charge is 0.228 e. The molecule has 1 saturated heterocycles. The summed E-state index contributed by atoms with van der Waals surface area (Å²) < 4.78 is 10.7. The van der Waals surface area contributed by atoms with E-state index in [-0.39, 0.29) is 24.3 Å². The fourth-order valence-corrected chi connectivity index (χ4v) is 2.68. The molecule has 0 bridgehead atoms. The zero-order valence-corrected chi connectivity index (χ0v) is 14.0. The van der Waals surface area contributed by atoms with E-state index in [1.165, 1.54) is 13.2 Å². The number of likely N-dealkylation sites (tertiary alicyclic amines) is 1. The van der Waals surface area contributed by atoms with Crippen molar-refractivity contribution in [2.45, 2.75) is 32.4 Å². The maximum absolute atomic E-state index is 12.3. The molecule has 2 aromatic rings. The van der Waals surface area contributed by atoms with Crippen LogP contribution >= 0.6 is 0 Å². The van der Waals surface area contributed by atoms with Crippen molar-refractivity contribution in [3.05, 3.63) is 42.0 Å². The third-order valence-corrected chi connectivity index (χ3v) is 3.93. The predicted octanol–water partition coefficient (Wildman–Crippen LogP) is 0.928. The van der Waals surface area contributed by atoms with Crippen LogP contribution in [0, 0.1) is 0 Å². The minimum Gasteiger partial charge on any atom is -0.488 e. The lowest BCUT2D eigenvalue weighted by Crippen LogP contribution is -2.32. The Bertz CT molecular complexity index is 732. The quantitative estimate of drug-likeness (QED) is 0.837. The van der Waals surface area contributed by atoms with Crippen LogP contribution in [-0.2, 0) is 22.6 Å². The SMILES string of the molecule is CC(=O)NCc1cc(OC2CCN(C(=O)Cc3ccon3)C2)ccn1. The van der Waals surface area contributed by atoms with Crippen LogP contribution in [0.5, 0.6) is 5.75 Å². The van der Waals surface area contributed by atoms with Crippen molar-refractivity contribution in [1.29, 1.82) is 0 Å². The lowest BCUT2D eigenvalue weighted by atomic mass is 10.3. The van der Waals surface area contributed by atoms with E-state index in [1.54, 1.807) is 29.3 Å². The number of amides is 2. The third-order valence-electron chi connectivity index (χ3n) is 3.93. The van der Waals surface area contributed by atoms with Gasteiger partial charge in [-0.1, -0.05) is 5.16 Å². The van der Waals surface area contributed by atoms with Gasteiger partial charge in [-0.05, 0) is 6.07 Å². The summed E-state index contributed by atoms with van der Waals surface area (Å²) >= 11 is 0. The van der Waals surface area contributed by atoms with Crippen molar-refractivity contribution in [2.75, 3.05) is 13.1 Å². The fraction of sp³-hybridized carbons (Fsp3) is 0.412. The summed E-state index contributed by atoms with van der Waals surface area (Å²) in [6, 6.07) is 5.27. The van der Waals surface area contributed by atoms with Crippen LogP contribution in [-0.4, -0.2) is 46.0 Å². The highest BCUT2D eigenvalue weighted by atomic mass is 16.5. The van der Waals surface area contributed by atoms with Crippen LogP contribution in [0.1, 0.15) is 24.7 Å². The standard InChI is InChI=1S/C17H20N4O4/c1-12(22)19-10-14-8-15(2-5-18-14)25-16-3-6-21(11-16)17(23)9-13-4-7-24-20-13/h2,4-5,7-8,16H,3,6,9-11H2,1H3,(H,19,22). The Hall–Kier alpha value is -2.90.